The molecule has 1 fully saturated rings. The van der Waals surface area contributed by atoms with Crippen LogP contribution in [-0.2, 0) is 23.9 Å². The predicted octanol–water partition coefficient (Wildman–Crippen LogP) is 2.99. The Morgan fingerprint density at radius 3 is 2.10 bits per heavy atom. The quantitative estimate of drug-likeness (QED) is 0.399. The third kappa shape index (κ3) is 7.46. The minimum Gasteiger partial charge on any atom is -0.458 e. The van der Waals surface area contributed by atoms with Gasteiger partial charge in [0.1, 0.15) is 23.5 Å². The summed E-state index contributed by atoms with van der Waals surface area (Å²) in [7, 11) is 0. The molecule has 4 atom stereocenters. The van der Waals surface area contributed by atoms with Crippen LogP contribution in [0.4, 0.5) is 4.79 Å². The zero-order valence-electron chi connectivity index (χ0n) is 19.4. The minimum atomic E-state index is -0.895. The van der Waals surface area contributed by atoms with Gasteiger partial charge in [0.25, 0.3) is 0 Å². The van der Waals surface area contributed by atoms with E-state index in [2.05, 4.69) is 5.32 Å². The van der Waals surface area contributed by atoms with Crippen LogP contribution in [0.15, 0.2) is 12.2 Å². The molecule has 8 heteroatoms. The lowest BCUT2D eigenvalue weighted by Crippen LogP contribution is -2.56. The lowest BCUT2D eigenvalue weighted by atomic mass is 9.91. The third-order valence-corrected chi connectivity index (χ3v) is 4.46. The summed E-state index contributed by atoms with van der Waals surface area (Å²) in [6, 6.07) is -2.20. The van der Waals surface area contributed by atoms with Crippen LogP contribution in [0.5, 0.6) is 0 Å². The van der Waals surface area contributed by atoms with Gasteiger partial charge in [0.05, 0.1) is 12.1 Å². The van der Waals surface area contributed by atoms with Crippen molar-refractivity contribution in [2.75, 3.05) is 0 Å². The van der Waals surface area contributed by atoms with E-state index < -0.39 is 41.4 Å². The third-order valence-electron chi connectivity index (χ3n) is 4.46. The number of carbonyl (C=O) groups excluding carboxylic acids is 4. The molecule has 0 aromatic heterocycles. The van der Waals surface area contributed by atoms with Crippen LogP contribution in [0, 0.1) is 5.92 Å². The normalized spacial score (nSPS) is 23.2. The Kier molecular flexibility index (Phi) is 8.63. The second-order valence-corrected chi connectivity index (χ2v) is 9.56. The second-order valence-electron chi connectivity index (χ2n) is 9.56. The maximum Gasteiger partial charge on any atom is 0.411 e. The Hall–Kier alpha value is -2.38. The summed E-state index contributed by atoms with van der Waals surface area (Å²) in [5, 5.41) is 2.76. The fourth-order valence-corrected chi connectivity index (χ4v) is 3.65. The first-order chi connectivity index (χ1) is 13.7. The first-order valence-corrected chi connectivity index (χ1v) is 10.3. The Bertz CT molecular complexity index is 674. The molecule has 8 nitrogen and oxygen atoms in total. The number of allylic oxidation sites excluding steroid dienone is 1. The van der Waals surface area contributed by atoms with Crippen molar-refractivity contribution in [1.29, 1.82) is 0 Å². The molecule has 30 heavy (non-hydrogen) atoms. The number of hydrogen-bond acceptors (Lipinski definition) is 6. The lowest BCUT2D eigenvalue weighted by Gasteiger charge is -2.37. The van der Waals surface area contributed by atoms with Gasteiger partial charge in [-0.05, 0) is 54.9 Å². The summed E-state index contributed by atoms with van der Waals surface area (Å²) in [6.45, 7) is 13.7. The molecule has 1 saturated heterocycles. The van der Waals surface area contributed by atoms with E-state index in [1.165, 1.54) is 11.8 Å². The standard InChI is InChI=1S/C22H36N2O6/c1-9-10-15-13-17(19(27)29-21(3,4)5)24(20(28)30-22(6,7)8)18(15)16(11-12-25)23-14(2)26/h9-10,12,15-18H,11,13H2,1-8H3,(H,23,26)/b10-9-/t15-,16-,17-,18-/m1/s1. The highest BCUT2D eigenvalue weighted by molar-refractivity contribution is 5.83. The number of rotatable bonds is 6. The summed E-state index contributed by atoms with van der Waals surface area (Å²) < 4.78 is 11.1. The number of likely N-dealkylation sites (tertiary alicyclic amines) is 1. The van der Waals surface area contributed by atoms with Gasteiger partial charge in [-0.3, -0.25) is 9.69 Å². The van der Waals surface area contributed by atoms with E-state index >= 15 is 0 Å². The predicted molar refractivity (Wildman–Crippen MR) is 113 cm³/mol. The number of nitrogens with one attached hydrogen (secondary N) is 1. The molecule has 0 aromatic rings. The zero-order valence-corrected chi connectivity index (χ0v) is 19.4. The summed E-state index contributed by atoms with van der Waals surface area (Å²) >= 11 is 0. The molecule has 0 radical (unpaired) electrons. The zero-order chi connectivity index (χ0) is 23.3. The molecule has 1 N–H and O–H groups in total. The van der Waals surface area contributed by atoms with E-state index in [0.717, 1.165) is 0 Å². The van der Waals surface area contributed by atoms with E-state index in [0.29, 0.717) is 12.7 Å². The van der Waals surface area contributed by atoms with Crippen LogP contribution < -0.4 is 5.32 Å². The van der Waals surface area contributed by atoms with Crippen molar-refractivity contribution in [3.05, 3.63) is 12.2 Å². The van der Waals surface area contributed by atoms with Crippen molar-refractivity contribution < 1.29 is 28.7 Å². The first-order valence-electron chi connectivity index (χ1n) is 10.3. The largest absolute Gasteiger partial charge is 0.458 e. The number of esters is 1. The van der Waals surface area contributed by atoms with Crippen molar-refractivity contribution in [3.63, 3.8) is 0 Å². The van der Waals surface area contributed by atoms with Crippen molar-refractivity contribution in [1.82, 2.24) is 10.2 Å². The van der Waals surface area contributed by atoms with Crippen LogP contribution in [0.2, 0.25) is 0 Å². The molecule has 0 saturated carbocycles. The summed E-state index contributed by atoms with van der Waals surface area (Å²) in [4.78, 5) is 50.6. The number of hydrogen-bond donors (Lipinski definition) is 1. The van der Waals surface area contributed by atoms with Crippen LogP contribution in [-0.4, -0.2) is 58.5 Å². The maximum absolute atomic E-state index is 13.2. The van der Waals surface area contributed by atoms with Gasteiger partial charge in [0.2, 0.25) is 5.91 Å². The molecule has 0 aliphatic carbocycles. The van der Waals surface area contributed by atoms with Gasteiger partial charge in [0.15, 0.2) is 0 Å². The number of aldehydes is 1. The van der Waals surface area contributed by atoms with Crippen LogP contribution >= 0.6 is 0 Å². The maximum atomic E-state index is 13.2. The smallest absolute Gasteiger partial charge is 0.411 e. The Morgan fingerprint density at radius 2 is 1.67 bits per heavy atom. The summed E-state index contributed by atoms with van der Waals surface area (Å²) in [5.41, 5.74) is -1.52. The van der Waals surface area contributed by atoms with E-state index in [9.17, 15) is 19.2 Å². The molecule has 1 aliphatic heterocycles. The molecular formula is C22H36N2O6. The van der Waals surface area contributed by atoms with Gasteiger partial charge in [0, 0.05) is 19.3 Å². The Morgan fingerprint density at radius 1 is 1.10 bits per heavy atom. The fourth-order valence-electron chi connectivity index (χ4n) is 3.65. The Labute approximate surface area is 179 Å². The Balaban J connectivity index is 3.46. The first kappa shape index (κ1) is 25.7. The fraction of sp³-hybridized carbons (Fsp3) is 0.727. The number of nitrogens with zero attached hydrogens (tertiary/aromatic N) is 1. The van der Waals surface area contributed by atoms with Gasteiger partial charge >= 0.3 is 12.1 Å². The van der Waals surface area contributed by atoms with Crippen molar-refractivity contribution in [2.45, 2.75) is 97.6 Å². The van der Waals surface area contributed by atoms with E-state index in [1.807, 2.05) is 19.1 Å². The molecular weight excluding hydrogens is 388 g/mol. The number of carbonyl (C=O) groups is 4. The average molecular weight is 425 g/mol. The van der Waals surface area contributed by atoms with E-state index in [-0.39, 0.29) is 18.2 Å². The molecule has 0 unspecified atom stereocenters. The van der Waals surface area contributed by atoms with E-state index in [1.54, 1.807) is 41.5 Å². The molecule has 0 spiro atoms. The van der Waals surface area contributed by atoms with Crippen molar-refractivity contribution in [2.24, 2.45) is 5.92 Å². The molecule has 0 aromatic carbocycles. The second kappa shape index (κ2) is 10.1. The van der Waals surface area contributed by atoms with Gasteiger partial charge in [-0.15, -0.1) is 0 Å². The highest BCUT2D eigenvalue weighted by Gasteiger charge is 2.51. The molecule has 1 rings (SSSR count). The topological polar surface area (TPSA) is 102 Å². The van der Waals surface area contributed by atoms with Gasteiger partial charge in [-0.2, -0.15) is 0 Å². The monoisotopic (exact) mass is 424 g/mol. The lowest BCUT2D eigenvalue weighted by molar-refractivity contribution is -0.160. The van der Waals surface area contributed by atoms with Crippen LogP contribution in [0.25, 0.3) is 0 Å². The van der Waals surface area contributed by atoms with E-state index in [4.69, 9.17) is 9.47 Å². The van der Waals surface area contributed by atoms with Crippen LogP contribution in [0.3, 0.4) is 0 Å². The molecule has 1 heterocycles. The SMILES string of the molecule is C/C=C\[C@@H]1C[C@H](C(=O)OC(C)(C)C)N(C(=O)OC(C)(C)C)[C@H]1[C@@H](CC=O)NC(C)=O. The van der Waals surface area contributed by atoms with Gasteiger partial charge in [-0.25, -0.2) is 9.59 Å². The molecule has 0 bridgehead atoms. The molecule has 1 aliphatic rings. The van der Waals surface area contributed by atoms with Crippen molar-refractivity contribution >= 4 is 24.3 Å². The van der Waals surface area contributed by atoms with Gasteiger partial charge < -0.3 is 19.6 Å². The molecule has 170 valence electrons. The minimum absolute atomic E-state index is 0.00135. The summed E-state index contributed by atoms with van der Waals surface area (Å²) in [6.07, 6.45) is 4.02. The highest BCUT2D eigenvalue weighted by atomic mass is 16.6. The molecule has 2 amide bonds. The van der Waals surface area contributed by atoms with Crippen LogP contribution in [0.1, 0.15) is 68.2 Å². The highest BCUT2D eigenvalue weighted by Crippen LogP contribution is 2.36. The summed E-state index contributed by atoms with van der Waals surface area (Å²) in [5.74, 6) is -1.14. The van der Waals surface area contributed by atoms with Crippen molar-refractivity contribution in [3.8, 4) is 0 Å². The number of amides is 2. The number of ether oxygens (including phenoxy) is 2. The van der Waals surface area contributed by atoms with Gasteiger partial charge in [-0.1, -0.05) is 12.2 Å². The average Bonchev–Trinajstić information content (AvgIpc) is 2.90.